The number of carbonyl (C=O) groups is 1. The third kappa shape index (κ3) is 5.80. The van der Waals surface area contributed by atoms with Gasteiger partial charge in [0.1, 0.15) is 12.3 Å². The van der Waals surface area contributed by atoms with Crippen LogP contribution in [0.25, 0.3) is 6.08 Å². The van der Waals surface area contributed by atoms with Crippen LogP contribution < -0.4 is 4.74 Å². The minimum Gasteiger partial charge on any atom is -0.569 e. The second-order valence-corrected chi connectivity index (χ2v) is 9.03. The fourth-order valence-electron chi connectivity index (χ4n) is 3.37. The zero-order chi connectivity index (χ0) is 24.6. The molecule has 2 aliphatic heterocycles. The first kappa shape index (κ1) is 24.9. The summed E-state index contributed by atoms with van der Waals surface area (Å²) in [5, 5.41) is 25.7. The Kier molecular flexibility index (Phi) is 6.99. The second-order valence-electron chi connectivity index (χ2n) is 8.63. The van der Waals surface area contributed by atoms with E-state index in [0.717, 1.165) is 11.1 Å². The zero-order valence-corrected chi connectivity index (χ0v) is 18.8. The van der Waals surface area contributed by atoms with E-state index in [1.165, 1.54) is 12.1 Å². The van der Waals surface area contributed by atoms with E-state index in [0.29, 0.717) is 17.0 Å². The van der Waals surface area contributed by atoms with Crippen LogP contribution in [0.15, 0.2) is 23.0 Å². The van der Waals surface area contributed by atoms with Crippen molar-refractivity contribution in [3.8, 4) is 5.75 Å². The van der Waals surface area contributed by atoms with Gasteiger partial charge in [-0.2, -0.15) is 13.2 Å². The second kappa shape index (κ2) is 9.26. The number of esters is 1. The summed E-state index contributed by atoms with van der Waals surface area (Å²) in [5.74, 6) is -1.42. The van der Waals surface area contributed by atoms with Crippen LogP contribution in [-0.4, -0.2) is 59.3 Å². The Morgan fingerprint density at radius 3 is 2.67 bits per heavy atom. The number of aliphatic hydroxyl groups is 1. The third-order valence-electron chi connectivity index (χ3n) is 5.03. The molecule has 0 aliphatic carbocycles. The van der Waals surface area contributed by atoms with Crippen LogP contribution in [0.5, 0.6) is 5.75 Å². The van der Waals surface area contributed by atoms with Crippen LogP contribution in [0.4, 0.5) is 13.2 Å². The molecule has 2 atom stereocenters. The molecule has 0 amide bonds. The summed E-state index contributed by atoms with van der Waals surface area (Å²) in [5.41, 5.74) is -0.481. The van der Waals surface area contributed by atoms with Crippen LogP contribution in [0, 0.1) is 5.21 Å². The van der Waals surface area contributed by atoms with Crippen molar-refractivity contribution in [2.75, 3.05) is 19.9 Å². The summed E-state index contributed by atoms with van der Waals surface area (Å²) < 4.78 is 50.7. The molecule has 9 nitrogen and oxygen atoms in total. The molecule has 0 aromatic heterocycles. The van der Waals surface area contributed by atoms with Crippen LogP contribution in [-0.2, 0) is 19.8 Å². The first-order valence-corrected chi connectivity index (χ1v) is 10.3. The lowest BCUT2D eigenvalue weighted by Crippen LogP contribution is -2.41. The number of β-amino-alcohol motifs (C(OH)–C–C–N with tert-alkyl or cyclic N) is 1. The summed E-state index contributed by atoms with van der Waals surface area (Å²) in [7, 11) is 0. The Hall–Kier alpha value is -2.73. The molecule has 1 saturated heterocycles. The Morgan fingerprint density at radius 1 is 1.39 bits per heavy atom. The number of carbonyl (C=O) groups excluding carboxylic acids is 1. The lowest BCUT2D eigenvalue weighted by atomic mass is 9.85. The highest BCUT2D eigenvalue weighted by Crippen LogP contribution is 2.42. The van der Waals surface area contributed by atoms with Crippen molar-refractivity contribution in [3.05, 3.63) is 39.1 Å². The number of halogens is 4. The van der Waals surface area contributed by atoms with Gasteiger partial charge in [-0.25, -0.2) is 4.79 Å². The first-order chi connectivity index (χ1) is 15.3. The predicted octanol–water partition coefficient (Wildman–Crippen LogP) is 3.72. The topological polar surface area (TPSA) is 107 Å². The van der Waals surface area contributed by atoms with E-state index in [1.807, 2.05) is 20.8 Å². The van der Waals surface area contributed by atoms with E-state index in [9.17, 15) is 28.3 Å². The van der Waals surface area contributed by atoms with E-state index in [1.54, 1.807) is 0 Å². The van der Waals surface area contributed by atoms with Gasteiger partial charge >= 0.3 is 12.1 Å². The van der Waals surface area contributed by atoms with Crippen molar-refractivity contribution in [1.82, 2.24) is 5.01 Å². The smallest absolute Gasteiger partial charge is 0.430 e. The molecular formula is C20H23ClF3N3O6. The molecule has 3 rings (SSSR count). The Bertz CT molecular complexity index is 977. The van der Waals surface area contributed by atoms with Gasteiger partial charge in [0.05, 0.1) is 23.2 Å². The normalized spacial score (nSPS) is 21.3. The largest absolute Gasteiger partial charge is 0.569 e. The number of fused-ring (bicyclic) bond motifs is 1. The number of nitrogens with zero attached hydrogens (tertiary/aromatic N) is 3. The van der Waals surface area contributed by atoms with Crippen LogP contribution >= 0.6 is 11.6 Å². The SMILES string of the molecule is CC(C)(C)c1cc2c(cc1Cl)C=C(C(=O)OCO/N=[N+](\[O-])N1CCC(O)C1)[C@@H](C(F)(F)F)O2. The number of rotatable bonds is 5. The molecular weight excluding hydrogens is 471 g/mol. The molecule has 13 heteroatoms. The summed E-state index contributed by atoms with van der Waals surface area (Å²) in [6, 6.07) is 2.85. The maximum absolute atomic E-state index is 13.6. The van der Waals surface area contributed by atoms with Crippen LogP contribution in [0.2, 0.25) is 5.02 Å². The molecule has 0 bridgehead atoms. The van der Waals surface area contributed by atoms with Gasteiger partial charge in [-0.15, -0.1) is 5.01 Å². The van der Waals surface area contributed by atoms with E-state index in [4.69, 9.17) is 21.1 Å². The van der Waals surface area contributed by atoms with Crippen molar-refractivity contribution in [2.24, 2.45) is 5.28 Å². The number of aliphatic hydroxyl groups excluding tert-OH is 1. The predicted molar refractivity (Wildman–Crippen MR) is 109 cm³/mol. The highest BCUT2D eigenvalue weighted by atomic mass is 35.5. The highest BCUT2D eigenvalue weighted by molar-refractivity contribution is 6.31. The third-order valence-corrected chi connectivity index (χ3v) is 5.35. The molecule has 0 spiro atoms. The quantitative estimate of drug-likeness (QED) is 0.166. The molecule has 33 heavy (non-hydrogen) atoms. The summed E-state index contributed by atoms with van der Waals surface area (Å²) in [4.78, 5) is 17.0. The molecule has 0 radical (unpaired) electrons. The number of hydrogen-bond acceptors (Lipinski definition) is 7. The lowest BCUT2D eigenvalue weighted by Gasteiger charge is -2.30. The maximum Gasteiger partial charge on any atom is 0.430 e. The van der Waals surface area contributed by atoms with Crippen molar-refractivity contribution >= 4 is 23.6 Å². The van der Waals surface area contributed by atoms with Gasteiger partial charge in [-0.1, -0.05) is 32.4 Å². The van der Waals surface area contributed by atoms with E-state index < -0.39 is 42.1 Å². The average Bonchev–Trinajstić information content (AvgIpc) is 3.14. The van der Waals surface area contributed by atoms with E-state index in [2.05, 4.69) is 10.1 Å². The molecule has 182 valence electrons. The number of alkyl halides is 3. The first-order valence-electron chi connectivity index (χ1n) is 9.96. The molecule has 1 fully saturated rings. The monoisotopic (exact) mass is 493 g/mol. The van der Waals surface area contributed by atoms with Gasteiger partial charge in [0, 0.05) is 10.6 Å². The van der Waals surface area contributed by atoms with Gasteiger partial charge in [0.2, 0.25) is 11.4 Å². The summed E-state index contributed by atoms with van der Waals surface area (Å²) in [6.45, 7) is 4.93. The number of benzene rings is 1. The van der Waals surface area contributed by atoms with Gasteiger partial charge in [0.25, 0.3) is 6.79 Å². The lowest BCUT2D eigenvalue weighted by molar-refractivity contribution is -0.708. The Labute approximate surface area is 192 Å². The molecule has 0 saturated carbocycles. The van der Waals surface area contributed by atoms with Gasteiger partial charge in [-0.05, 0) is 35.6 Å². The molecule has 1 aromatic carbocycles. The zero-order valence-electron chi connectivity index (χ0n) is 18.1. The van der Waals surface area contributed by atoms with Crippen molar-refractivity contribution < 1.29 is 42.4 Å². The van der Waals surface area contributed by atoms with Crippen LogP contribution in [0.3, 0.4) is 0 Å². The molecule has 2 aliphatic rings. The fourth-order valence-corrected chi connectivity index (χ4v) is 3.82. The van der Waals surface area contributed by atoms with Gasteiger partial charge in [-0.3, -0.25) is 0 Å². The minimum absolute atomic E-state index is 0.0481. The number of ether oxygens (including phenoxy) is 2. The van der Waals surface area contributed by atoms with Crippen LogP contribution in [0.1, 0.15) is 38.3 Å². The van der Waals surface area contributed by atoms with Crippen molar-refractivity contribution in [3.63, 3.8) is 0 Å². The average molecular weight is 494 g/mol. The maximum atomic E-state index is 13.6. The van der Waals surface area contributed by atoms with E-state index >= 15 is 0 Å². The molecule has 1 unspecified atom stereocenters. The fraction of sp³-hybridized carbons (Fsp3) is 0.550. The molecule has 1 N–H and O–H groups in total. The van der Waals surface area contributed by atoms with Gasteiger partial charge in [0.15, 0.2) is 0 Å². The Morgan fingerprint density at radius 2 is 2.09 bits per heavy atom. The van der Waals surface area contributed by atoms with Gasteiger partial charge < -0.3 is 24.6 Å². The summed E-state index contributed by atoms with van der Waals surface area (Å²) in [6.07, 6.45) is -6.77. The number of hydrogen-bond donors (Lipinski definition) is 1. The summed E-state index contributed by atoms with van der Waals surface area (Å²) >= 11 is 6.28. The molecule has 1 aromatic rings. The van der Waals surface area contributed by atoms with Crippen molar-refractivity contribution in [1.29, 1.82) is 0 Å². The van der Waals surface area contributed by atoms with E-state index in [-0.39, 0.29) is 29.4 Å². The highest BCUT2D eigenvalue weighted by Gasteiger charge is 2.49. The number of hydrazine groups is 1. The van der Waals surface area contributed by atoms with Crippen molar-refractivity contribution in [2.45, 2.75) is 51.0 Å². The standard InChI is InChI=1S/C20H23ClF3N3O6/c1-19(2,3)14-8-16-11(7-15(14)21)6-13(17(33-16)20(22,23)24)18(29)31-10-32-25-27(30)26-5-4-12(28)9-26/h6-8,12,17,28H,4-5,9-10H2,1-3H3/b27-25-/t12?,17-/m0/s1. The minimum atomic E-state index is -4.91. The Balaban J connectivity index is 1.75. The molecule has 2 heterocycles.